The van der Waals surface area contributed by atoms with Gasteiger partial charge in [-0.15, -0.1) is 0 Å². The number of carbonyl (C=O) groups excluding carboxylic acids is 1. The third kappa shape index (κ3) is 1.21. The van der Waals surface area contributed by atoms with Gasteiger partial charge in [-0.1, -0.05) is 0 Å². The summed E-state index contributed by atoms with van der Waals surface area (Å²) in [6, 6.07) is 0. The lowest BCUT2D eigenvalue weighted by Gasteiger charge is -2.11. The number of carbonyl (C=O) groups is 1. The predicted octanol–water partition coefficient (Wildman–Crippen LogP) is 0.154. The van der Waals surface area contributed by atoms with Crippen LogP contribution in [0.4, 0.5) is 0 Å². The monoisotopic (exact) mass is 195 g/mol. The van der Waals surface area contributed by atoms with Crippen molar-refractivity contribution in [1.82, 2.24) is 9.78 Å². The molecule has 0 unspecified atom stereocenters. The van der Waals surface area contributed by atoms with Crippen molar-refractivity contribution < 1.29 is 9.53 Å². The van der Waals surface area contributed by atoms with Gasteiger partial charge in [0.05, 0.1) is 24.5 Å². The number of methoxy groups -OCH3 is 1. The largest absolute Gasteiger partial charge is 0.465 e. The standard InChI is InChI=1S/C9H13N3O2/c1-12-7(9(10)3-4-9)6(5-11-12)8(13)14-2/h5H,3-4,10H2,1-2H3. The van der Waals surface area contributed by atoms with Crippen molar-refractivity contribution in [3.05, 3.63) is 17.5 Å². The molecule has 76 valence electrons. The molecule has 1 aliphatic rings. The molecule has 0 atom stereocenters. The van der Waals surface area contributed by atoms with Crippen molar-refractivity contribution in [2.24, 2.45) is 12.8 Å². The van der Waals surface area contributed by atoms with E-state index in [9.17, 15) is 4.79 Å². The first kappa shape index (κ1) is 9.21. The summed E-state index contributed by atoms with van der Waals surface area (Å²) in [7, 11) is 3.14. The summed E-state index contributed by atoms with van der Waals surface area (Å²) < 4.78 is 6.32. The molecule has 2 rings (SSSR count). The Balaban J connectivity index is 2.46. The second-order valence-electron chi connectivity index (χ2n) is 3.68. The molecule has 0 bridgehead atoms. The zero-order chi connectivity index (χ0) is 10.3. The minimum atomic E-state index is -0.371. The van der Waals surface area contributed by atoms with Gasteiger partial charge in [-0.25, -0.2) is 4.79 Å². The maximum atomic E-state index is 11.4. The molecule has 1 fully saturated rings. The maximum Gasteiger partial charge on any atom is 0.341 e. The number of esters is 1. The van der Waals surface area contributed by atoms with Crippen LogP contribution in [0.5, 0.6) is 0 Å². The Morgan fingerprint density at radius 1 is 1.71 bits per heavy atom. The van der Waals surface area contributed by atoms with E-state index in [2.05, 4.69) is 9.84 Å². The fourth-order valence-corrected chi connectivity index (χ4v) is 1.66. The number of rotatable bonds is 2. The van der Waals surface area contributed by atoms with Crippen LogP contribution < -0.4 is 5.73 Å². The zero-order valence-electron chi connectivity index (χ0n) is 8.28. The molecule has 1 aromatic heterocycles. The van der Waals surface area contributed by atoms with E-state index in [1.54, 1.807) is 11.7 Å². The van der Waals surface area contributed by atoms with Crippen LogP contribution in [-0.4, -0.2) is 22.9 Å². The van der Waals surface area contributed by atoms with Crippen LogP contribution in [0.15, 0.2) is 6.20 Å². The Kier molecular flexibility index (Phi) is 1.85. The molecule has 5 nitrogen and oxygen atoms in total. The average molecular weight is 195 g/mol. The normalized spacial score (nSPS) is 17.9. The van der Waals surface area contributed by atoms with Crippen molar-refractivity contribution in [1.29, 1.82) is 0 Å². The number of nitrogens with zero attached hydrogens (tertiary/aromatic N) is 2. The lowest BCUT2D eigenvalue weighted by Crippen LogP contribution is -2.25. The maximum absolute atomic E-state index is 11.4. The fourth-order valence-electron chi connectivity index (χ4n) is 1.66. The van der Waals surface area contributed by atoms with Gasteiger partial charge in [0.15, 0.2) is 0 Å². The molecule has 14 heavy (non-hydrogen) atoms. The Hall–Kier alpha value is -1.36. The predicted molar refractivity (Wildman–Crippen MR) is 49.6 cm³/mol. The first-order chi connectivity index (χ1) is 6.58. The molecular weight excluding hydrogens is 182 g/mol. The van der Waals surface area contributed by atoms with Crippen LogP contribution >= 0.6 is 0 Å². The van der Waals surface area contributed by atoms with Crippen LogP contribution in [0.3, 0.4) is 0 Å². The number of aryl methyl sites for hydroxylation is 1. The summed E-state index contributed by atoms with van der Waals surface area (Å²) in [4.78, 5) is 11.4. The topological polar surface area (TPSA) is 70.1 Å². The quantitative estimate of drug-likeness (QED) is 0.682. The van der Waals surface area contributed by atoms with Gasteiger partial charge in [-0.3, -0.25) is 4.68 Å². The highest BCUT2D eigenvalue weighted by Gasteiger charge is 2.45. The molecule has 0 aromatic carbocycles. The minimum Gasteiger partial charge on any atom is -0.465 e. The van der Waals surface area contributed by atoms with E-state index in [0.717, 1.165) is 18.5 Å². The first-order valence-electron chi connectivity index (χ1n) is 4.48. The van der Waals surface area contributed by atoms with Gasteiger partial charge < -0.3 is 10.5 Å². The highest BCUT2D eigenvalue weighted by Crippen LogP contribution is 2.43. The highest BCUT2D eigenvalue weighted by molar-refractivity contribution is 5.90. The van der Waals surface area contributed by atoms with E-state index in [0.29, 0.717) is 5.56 Å². The van der Waals surface area contributed by atoms with Crippen molar-refractivity contribution in [3.8, 4) is 0 Å². The Bertz CT molecular complexity index is 379. The smallest absolute Gasteiger partial charge is 0.341 e. The van der Waals surface area contributed by atoms with Crippen LogP contribution in [0.1, 0.15) is 28.9 Å². The molecule has 2 N–H and O–H groups in total. The van der Waals surface area contributed by atoms with Crippen LogP contribution in [0.25, 0.3) is 0 Å². The third-order valence-electron chi connectivity index (χ3n) is 2.60. The molecule has 0 aliphatic heterocycles. The molecular formula is C9H13N3O2. The van der Waals surface area contributed by atoms with Gasteiger partial charge in [0, 0.05) is 7.05 Å². The summed E-state index contributed by atoms with van der Waals surface area (Å²) >= 11 is 0. The second kappa shape index (κ2) is 2.81. The van der Waals surface area contributed by atoms with E-state index in [1.165, 1.54) is 13.3 Å². The number of aromatic nitrogens is 2. The molecule has 1 saturated carbocycles. The molecule has 0 amide bonds. The fraction of sp³-hybridized carbons (Fsp3) is 0.556. The van der Waals surface area contributed by atoms with Gasteiger partial charge in [-0.2, -0.15) is 5.10 Å². The SMILES string of the molecule is COC(=O)c1cnn(C)c1C1(N)CC1. The Labute approximate surface area is 81.8 Å². The first-order valence-corrected chi connectivity index (χ1v) is 4.48. The van der Waals surface area contributed by atoms with E-state index >= 15 is 0 Å². The molecule has 1 aliphatic carbocycles. The Morgan fingerprint density at radius 3 is 2.86 bits per heavy atom. The van der Waals surface area contributed by atoms with E-state index < -0.39 is 0 Å². The highest BCUT2D eigenvalue weighted by atomic mass is 16.5. The van der Waals surface area contributed by atoms with Gasteiger partial charge >= 0.3 is 5.97 Å². The third-order valence-corrected chi connectivity index (χ3v) is 2.60. The van der Waals surface area contributed by atoms with Crippen molar-refractivity contribution in [2.45, 2.75) is 18.4 Å². The summed E-state index contributed by atoms with van der Waals surface area (Å²) in [5, 5.41) is 4.03. The molecule has 0 saturated heterocycles. The zero-order valence-corrected chi connectivity index (χ0v) is 8.28. The van der Waals surface area contributed by atoms with Gasteiger partial charge in [0.25, 0.3) is 0 Å². The van der Waals surface area contributed by atoms with Crippen LogP contribution in [0, 0.1) is 0 Å². The lowest BCUT2D eigenvalue weighted by molar-refractivity contribution is 0.0598. The minimum absolute atomic E-state index is 0.366. The lowest BCUT2D eigenvalue weighted by atomic mass is 10.1. The summed E-state index contributed by atoms with van der Waals surface area (Å²) in [5.74, 6) is -0.371. The summed E-state index contributed by atoms with van der Waals surface area (Å²) in [6.45, 7) is 0. The molecule has 1 heterocycles. The van der Waals surface area contributed by atoms with Crippen LogP contribution in [-0.2, 0) is 17.3 Å². The summed E-state index contributed by atoms with van der Waals surface area (Å²) in [6.07, 6.45) is 3.31. The molecule has 1 aromatic rings. The Morgan fingerprint density at radius 2 is 2.36 bits per heavy atom. The molecule has 0 radical (unpaired) electrons. The number of hydrogen-bond donors (Lipinski definition) is 1. The molecule has 0 spiro atoms. The van der Waals surface area contributed by atoms with E-state index in [4.69, 9.17) is 5.73 Å². The van der Waals surface area contributed by atoms with Crippen molar-refractivity contribution in [2.75, 3.05) is 7.11 Å². The number of hydrogen-bond acceptors (Lipinski definition) is 4. The second-order valence-corrected chi connectivity index (χ2v) is 3.68. The van der Waals surface area contributed by atoms with E-state index in [-0.39, 0.29) is 11.5 Å². The van der Waals surface area contributed by atoms with Crippen molar-refractivity contribution >= 4 is 5.97 Å². The van der Waals surface area contributed by atoms with Gasteiger partial charge in [0.1, 0.15) is 5.56 Å². The van der Waals surface area contributed by atoms with Gasteiger partial charge in [0.2, 0.25) is 0 Å². The number of nitrogens with two attached hydrogens (primary N) is 1. The van der Waals surface area contributed by atoms with Crippen molar-refractivity contribution in [3.63, 3.8) is 0 Å². The number of ether oxygens (including phenoxy) is 1. The summed E-state index contributed by atoms with van der Waals surface area (Å²) in [5.41, 5.74) is 6.93. The van der Waals surface area contributed by atoms with E-state index in [1.807, 2.05) is 0 Å². The van der Waals surface area contributed by atoms with Gasteiger partial charge in [-0.05, 0) is 12.8 Å². The average Bonchev–Trinajstić information content (AvgIpc) is 2.76. The van der Waals surface area contributed by atoms with Crippen LogP contribution in [0.2, 0.25) is 0 Å². The molecule has 5 heteroatoms.